The number of hydrogen-bond acceptors (Lipinski definition) is 4. The summed E-state index contributed by atoms with van der Waals surface area (Å²) in [6, 6.07) is 17.6. The van der Waals surface area contributed by atoms with E-state index in [9.17, 15) is 14.9 Å². The molecule has 0 heterocycles. The van der Waals surface area contributed by atoms with Crippen molar-refractivity contribution < 1.29 is 14.3 Å². The summed E-state index contributed by atoms with van der Waals surface area (Å²) >= 11 is 0. The molecule has 0 aliphatic heterocycles. The van der Waals surface area contributed by atoms with Crippen LogP contribution in [0.15, 0.2) is 54.6 Å². The number of nitrogens with one attached hydrogen (secondary N) is 1. The maximum absolute atomic E-state index is 12.9. The first-order valence-corrected chi connectivity index (χ1v) is 9.52. The Morgan fingerprint density at radius 3 is 2.03 bits per heavy atom. The molecule has 5 nitrogen and oxygen atoms in total. The second-order valence-corrected chi connectivity index (χ2v) is 7.13. The lowest BCUT2D eigenvalue weighted by Gasteiger charge is -2.15. The number of benzene rings is 3. The van der Waals surface area contributed by atoms with Gasteiger partial charge in [-0.25, -0.2) is 4.79 Å². The highest BCUT2D eigenvalue weighted by atomic mass is 16.5. The Hall–Kier alpha value is -3.91. The van der Waals surface area contributed by atoms with E-state index in [1.807, 2.05) is 52.0 Å². The molecular weight excluding hydrogens is 376 g/mol. The summed E-state index contributed by atoms with van der Waals surface area (Å²) in [5.74, 6) is -0.888. The topological polar surface area (TPSA) is 79.2 Å². The zero-order valence-corrected chi connectivity index (χ0v) is 17.4. The van der Waals surface area contributed by atoms with E-state index in [1.165, 1.54) is 0 Å². The summed E-state index contributed by atoms with van der Waals surface area (Å²) in [6.07, 6.45) is 0. The molecule has 5 heteroatoms. The fourth-order valence-corrected chi connectivity index (χ4v) is 3.14. The van der Waals surface area contributed by atoms with Crippen LogP contribution in [0, 0.1) is 39.0 Å². The zero-order chi connectivity index (χ0) is 21.8. The molecule has 0 saturated carbocycles. The molecule has 3 aromatic rings. The van der Waals surface area contributed by atoms with E-state index in [0.717, 1.165) is 22.3 Å². The van der Waals surface area contributed by atoms with Gasteiger partial charge in [0.25, 0.3) is 5.91 Å². The fraction of sp³-hybridized carbons (Fsp3) is 0.160. The molecule has 30 heavy (non-hydrogen) atoms. The second-order valence-electron chi connectivity index (χ2n) is 7.13. The summed E-state index contributed by atoms with van der Waals surface area (Å²) < 4.78 is 5.60. The molecule has 0 radical (unpaired) electrons. The zero-order valence-electron chi connectivity index (χ0n) is 17.4. The number of nitrogens with zero attached hydrogens (tertiary/aromatic N) is 1. The fourth-order valence-electron chi connectivity index (χ4n) is 3.14. The number of carbonyl (C=O) groups excluding carboxylic acids is 2. The molecule has 0 aliphatic carbocycles. The summed E-state index contributed by atoms with van der Waals surface area (Å²) in [5, 5.41) is 12.3. The summed E-state index contributed by atoms with van der Waals surface area (Å²) in [6.45, 7) is 7.55. The maximum Gasteiger partial charge on any atom is 0.343 e. The molecule has 1 N–H and O–H groups in total. The molecule has 150 valence electrons. The van der Waals surface area contributed by atoms with Crippen molar-refractivity contribution in [2.75, 3.05) is 5.32 Å². The van der Waals surface area contributed by atoms with Crippen LogP contribution in [0.2, 0.25) is 0 Å². The van der Waals surface area contributed by atoms with E-state index in [1.54, 1.807) is 36.4 Å². The minimum atomic E-state index is -0.582. The lowest BCUT2D eigenvalue weighted by atomic mass is 10.0. The van der Waals surface area contributed by atoms with Crippen molar-refractivity contribution in [1.29, 1.82) is 5.26 Å². The molecular formula is C25H22N2O3. The first-order valence-electron chi connectivity index (χ1n) is 9.52. The van der Waals surface area contributed by atoms with Crippen LogP contribution < -0.4 is 10.1 Å². The number of rotatable bonds is 4. The van der Waals surface area contributed by atoms with Crippen molar-refractivity contribution in [3.63, 3.8) is 0 Å². The predicted molar refractivity (Wildman–Crippen MR) is 116 cm³/mol. The van der Waals surface area contributed by atoms with Gasteiger partial charge in [-0.05, 0) is 74.2 Å². The quantitative estimate of drug-likeness (QED) is 0.480. The first kappa shape index (κ1) is 20.8. The third-order valence-corrected chi connectivity index (χ3v) is 5.25. The molecule has 0 unspecified atom stereocenters. The van der Waals surface area contributed by atoms with Gasteiger partial charge in [-0.1, -0.05) is 30.3 Å². The predicted octanol–water partition coefficient (Wildman–Crippen LogP) is 5.26. The number of para-hydroxylation sites is 1. The van der Waals surface area contributed by atoms with E-state index in [4.69, 9.17) is 4.74 Å². The molecule has 0 fully saturated rings. The normalized spacial score (nSPS) is 10.2. The van der Waals surface area contributed by atoms with Crippen molar-refractivity contribution in [1.82, 2.24) is 0 Å². The number of carbonyl (C=O) groups is 2. The van der Waals surface area contributed by atoms with E-state index in [2.05, 4.69) is 5.32 Å². The molecule has 3 aromatic carbocycles. The van der Waals surface area contributed by atoms with Gasteiger partial charge in [0.15, 0.2) is 5.75 Å². The van der Waals surface area contributed by atoms with Crippen molar-refractivity contribution in [3.05, 3.63) is 93.5 Å². The van der Waals surface area contributed by atoms with Crippen LogP contribution in [0.3, 0.4) is 0 Å². The van der Waals surface area contributed by atoms with Gasteiger partial charge in [-0.15, -0.1) is 0 Å². The highest BCUT2D eigenvalue weighted by Crippen LogP contribution is 2.31. The molecule has 0 spiro atoms. The number of aryl methyl sites for hydroxylation is 2. The largest absolute Gasteiger partial charge is 0.419 e. The Bertz CT molecular complexity index is 1190. The van der Waals surface area contributed by atoms with Crippen molar-refractivity contribution in [3.8, 4) is 11.8 Å². The van der Waals surface area contributed by atoms with E-state index < -0.39 is 5.97 Å². The second kappa shape index (κ2) is 8.62. The SMILES string of the molecule is Cc1cccc(C(=O)Nc2cccc(C#N)c2OC(=O)c2cccc(C)c2C)c1C. The van der Waals surface area contributed by atoms with Gasteiger partial charge in [-0.3, -0.25) is 4.79 Å². The van der Waals surface area contributed by atoms with Gasteiger partial charge in [0.05, 0.1) is 16.8 Å². The maximum atomic E-state index is 12.9. The lowest BCUT2D eigenvalue weighted by molar-refractivity contribution is 0.0733. The molecule has 0 aromatic heterocycles. The number of amides is 1. The standard InChI is InChI=1S/C25H22N2O3/c1-15-8-5-11-20(17(15)3)24(28)27-22-13-7-10-19(14-26)23(22)30-25(29)21-12-6-9-16(2)18(21)4/h5-13H,1-4H3,(H,27,28). The minimum Gasteiger partial charge on any atom is -0.419 e. The Kier molecular flexibility index (Phi) is 5.98. The third-order valence-electron chi connectivity index (χ3n) is 5.25. The van der Waals surface area contributed by atoms with Gasteiger partial charge in [0.2, 0.25) is 0 Å². The highest BCUT2D eigenvalue weighted by molar-refractivity contribution is 6.06. The minimum absolute atomic E-state index is 0.0320. The first-order chi connectivity index (χ1) is 14.3. The van der Waals surface area contributed by atoms with Gasteiger partial charge in [0.1, 0.15) is 6.07 Å². The molecule has 0 saturated heterocycles. The Balaban J connectivity index is 1.97. The molecule has 0 bridgehead atoms. The third kappa shape index (κ3) is 4.08. The van der Waals surface area contributed by atoms with Gasteiger partial charge < -0.3 is 10.1 Å². The molecule has 0 aliphatic rings. The average Bonchev–Trinajstić information content (AvgIpc) is 2.73. The van der Waals surface area contributed by atoms with Crippen LogP contribution in [-0.2, 0) is 0 Å². The van der Waals surface area contributed by atoms with Crippen LogP contribution in [0.5, 0.6) is 5.75 Å². The van der Waals surface area contributed by atoms with Crippen molar-refractivity contribution >= 4 is 17.6 Å². The van der Waals surface area contributed by atoms with E-state index in [0.29, 0.717) is 11.1 Å². The number of esters is 1. The van der Waals surface area contributed by atoms with Crippen molar-refractivity contribution in [2.24, 2.45) is 0 Å². The molecule has 3 rings (SSSR count). The number of nitriles is 1. The summed E-state index contributed by atoms with van der Waals surface area (Å²) in [7, 11) is 0. The van der Waals surface area contributed by atoms with Crippen molar-refractivity contribution in [2.45, 2.75) is 27.7 Å². The smallest absolute Gasteiger partial charge is 0.343 e. The Labute approximate surface area is 175 Å². The van der Waals surface area contributed by atoms with Crippen LogP contribution in [0.4, 0.5) is 5.69 Å². The monoisotopic (exact) mass is 398 g/mol. The highest BCUT2D eigenvalue weighted by Gasteiger charge is 2.20. The number of ether oxygens (including phenoxy) is 1. The van der Waals surface area contributed by atoms with Gasteiger partial charge >= 0.3 is 5.97 Å². The summed E-state index contributed by atoms with van der Waals surface area (Å²) in [5.41, 5.74) is 4.97. The number of hydrogen-bond donors (Lipinski definition) is 1. The Morgan fingerprint density at radius 1 is 0.833 bits per heavy atom. The van der Waals surface area contributed by atoms with E-state index in [-0.39, 0.29) is 22.9 Å². The van der Waals surface area contributed by atoms with Gasteiger partial charge in [0, 0.05) is 5.56 Å². The van der Waals surface area contributed by atoms with Crippen LogP contribution in [-0.4, -0.2) is 11.9 Å². The molecule has 0 atom stereocenters. The van der Waals surface area contributed by atoms with Crippen LogP contribution in [0.1, 0.15) is 48.5 Å². The summed E-state index contributed by atoms with van der Waals surface area (Å²) in [4.78, 5) is 25.7. The average molecular weight is 398 g/mol. The van der Waals surface area contributed by atoms with Gasteiger partial charge in [-0.2, -0.15) is 5.26 Å². The molecule has 1 amide bonds. The van der Waals surface area contributed by atoms with Crippen LogP contribution in [0.25, 0.3) is 0 Å². The number of anilines is 1. The lowest BCUT2D eigenvalue weighted by Crippen LogP contribution is -2.17. The van der Waals surface area contributed by atoms with E-state index >= 15 is 0 Å². The van der Waals surface area contributed by atoms with Crippen LogP contribution >= 0.6 is 0 Å². The Morgan fingerprint density at radius 2 is 1.40 bits per heavy atom.